The van der Waals surface area contributed by atoms with Gasteiger partial charge in [-0.2, -0.15) is 0 Å². The zero-order valence-electron chi connectivity index (χ0n) is 13.9. The Morgan fingerprint density at radius 3 is 2.65 bits per heavy atom. The van der Waals surface area contributed by atoms with Crippen molar-refractivity contribution in [2.75, 3.05) is 18.8 Å². The van der Waals surface area contributed by atoms with Gasteiger partial charge in [0.25, 0.3) is 11.8 Å². The molecule has 0 aromatic carbocycles. The second kappa shape index (κ2) is 6.05. The van der Waals surface area contributed by atoms with Gasteiger partial charge in [-0.05, 0) is 18.2 Å². The molecule has 0 bridgehead atoms. The predicted octanol–water partition coefficient (Wildman–Crippen LogP) is 2.87. The summed E-state index contributed by atoms with van der Waals surface area (Å²) in [6, 6.07) is 5.35. The number of hydrogen-bond donors (Lipinski definition) is 1. The summed E-state index contributed by atoms with van der Waals surface area (Å²) in [4.78, 5) is 22.5. The third kappa shape index (κ3) is 2.98. The first-order valence-corrected chi connectivity index (χ1v) is 8.28. The van der Waals surface area contributed by atoms with Crippen LogP contribution in [0.1, 0.15) is 23.2 Å². The van der Waals surface area contributed by atoms with E-state index in [1.807, 2.05) is 16.8 Å². The van der Waals surface area contributed by atoms with Gasteiger partial charge in [0.15, 0.2) is 0 Å². The summed E-state index contributed by atoms with van der Waals surface area (Å²) in [6.07, 6.45) is 5.93. The Bertz CT molecular complexity index is 975. The van der Waals surface area contributed by atoms with E-state index in [1.54, 1.807) is 24.5 Å². The first-order chi connectivity index (χ1) is 12.4. The van der Waals surface area contributed by atoms with Crippen LogP contribution in [0.2, 0.25) is 0 Å². The molecule has 0 saturated carbocycles. The molecule has 6 nitrogen and oxygen atoms in total. The van der Waals surface area contributed by atoms with Gasteiger partial charge in [0.1, 0.15) is 5.65 Å². The van der Waals surface area contributed by atoms with Crippen LogP contribution in [0.25, 0.3) is 16.7 Å². The lowest BCUT2D eigenvalue weighted by Crippen LogP contribution is -2.42. The highest BCUT2D eigenvalue weighted by Gasteiger charge is 2.35. The number of amides is 1. The maximum absolute atomic E-state index is 13.3. The fourth-order valence-corrected chi connectivity index (χ4v) is 3.15. The van der Waals surface area contributed by atoms with Gasteiger partial charge >= 0.3 is 0 Å². The molecular formula is C18H17F2N5O. The number of aromatic nitrogens is 3. The van der Waals surface area contributed by atoms with Crippen molar-refractivity contribution in [3.8, 4) is 5.69 Å². The zero-order chi connectivity index (χ0) is 18.3. The van der Waals surface area contributed by atoms with Gasteiger partial charge in [-0.25, -0.2) is 13.8 Å². The molecule has 8 heteroatoms. The minimum absolute atomic E-state index is 0.0554. The molecule has 1 aliphatic heterocycles. The number of pyridine rings is 2. The third-order valence-electron chi connectivity index (χ3n) is 4.58. The van der Waals surface area contributed by atoms with Crippen molar-refractivity contribution in [3.05, 3.63) is 48.5 Å². The summed E-state index contributed by atoms with van der Waals surface area (Å²) in [5.74, 6) is -2.95. The molecule has 134 valence electrons. The average Bonchev–Trinajstić information content (AvgIpc) is 3.04. The van der Waals surface area contributed by atoms with Gasteiger partial charge in [0.2, 0.25) is 0 Å². The van der Waals surface area contributed by atoms with Gasteiger partial charge in [-0.15, -0.1) is 0 Å². The van der Waals surface area contributed by atoms with Crippen LogP contribution in [0.15, 0.2) is 43.0 Å². The van der Waals surface area contributed by atoms with Gasteiger partial charge < -0.3 is 10.6 Å². The van der Waals surface area contributed by atoms with E-state index in [9.17, 15) is 13.6 Å². The van der Waals surface area contributed by atoms with Crippen molar-refractivity contribution >= 4 is 22.6 Å². The van der Waals surface area contributed by atoms with E-state index in [0.29, 0.717) is 16.9 Å². The molecule has 0 aliphatic carbocycles. The number of likely N-dealkylation sites (tertiary alicyclic amines) is 1. The van der Waals surface area contributed by atoms with Crippen LogP contribution < -0.4 is 5.73 Å². The Hall–Kier alpha value is -3.03. The third-order valence-corrected chi connectivity index (χ3v) is 4.58. The lowest BCUT2D eigenvalue weighted by molar-refractivity contribution is -0.0494. The first-order valence-electron chi connectivity index (χ1n) is 8.28. The standard InChI is InChI=1S/C18H17F2N5O/c19-18(20)2-5-24(6-3-18)17(26)13-7-12-1-4-25(16(12)23-9-13)15-8-14(21)10-22-11-15/h1,4,7-11H,2-3,5-6,21H2. The minimum atomic E-state index is -2.68. The van der Waals surface area contributed by atoms with E-state index in [4.69, 9.17) is 5.73 Å². The highest BCUT2D eigenvalue weighted by Crippen LogP contribution is 2.28. The van der Waals surface area contributed by atoms with Crippen molar-refractivity contribution in [2.24, 2.45) is 0 Å². The fourth-order valence-electron chi connectivity index (χ4n) is 3.15. The van der Waals surface area contributed by atoms with Crippen LogP contribution in [0.5, 0.6) is 0 Å². The Morgan fingerprint density at radius 1 is 1.15 bits per heavy atom. The zero-order valence-corrected chi connectivity index (χ0v) is 13.9. The molecule has 1 amide bonds. The van der Waals surface area contributed by atoms with E-state index < -0.39 is 5.92 Å². The van der Waals surface area contributed by atoms with E-state index >= 15 is 0 Å². The van der Waals surface area contributed by atoms with Crippen LogP contribution >= 0.6 is 0 Å². The maximum Gasteiger partial charge on any atom is 0.255 e. The smallest absolute Gasteiger partial charge is 0.255 e. The number of alkyl halides is 2. The van der Waals surface area contributed by atoms with E-state index in [-0.39, 0.29) is 31.8 Å². The molecule has 1 fully saturated rings. The van der Waals surface area contributed by atoms with Crippen LogP contribution in [-0.2, 0) is 0 Å². The summed E-state index contributed by atoms with van der Waals surface area (Å²) >= 11 is 0. The predicted molar refractivity (Wildman–Crippen MR) is 93.4 cm³/mol. The number of nitrogens with two attached hydrogens (primary N) is 1. The molecule has 1 saturated heterocycles. The van der Waals surface area contributed by atoms with Crippen molar-refractivity contribution in [1.29, 1.82) is 0 Å². The Balaban J connectivity index is 1.62. The summed E-state index contributed by atoms with van der Waals surface area (Å²) < 4.78 is 28.4. The SMILES string of the molecule is Nc1cncc(-n2ccc3cc(C(=O)N4CCC(F)(F)CC4)cnc32)c1. The summed E-state index contributed by atoms with van der Waals surface area (Å²) in [5.41, 5.74) is 8.14. The maximum atomic E-state index is 13.3. The summed E-state index contributed by atoms with van der Waals surface area (Å²) in [6.45, 7) is 0.111. The molecule has 1 aliphatic rings. The van der Waals surface area contributed by atoms with E-state index in [0.717, 1.165) is 11.1 Å². The number of nitrogens with zero attached hydrogens (tertiary/aromatic N) is 4. The molecule has 26 heavy (non-hydrogen) atoms. The number of rotatable bonds is 2. The molecule has 4 heterocycles. The van der Waals surface area contributed by atoms with Crippen molar-refractivity contribution in [3.63, 3.8) is 0 Å². The Morgan fingerprint density at radius 2 is 1.92 bits per heavy atom. The summed E-state index contributed by atoms with van der Waals surface area (Å²) in [5, 5.41) is 0.778. The Kier molecular flexibility index (Phi) is 3.82. The molecule has 0 spiro atoms. The molecular weight excluding hydrogens is 340 g/mol. The van der Waals surface area contributed by atoms with Gasteiger partial charge in [0, 0.05) is 49.9 Å². The quantitative estimate of drug-likeness (QED) is 0.765. The number of carbonyl (C=O) groups excluding carboxylic acids is 1. The highest BCUT2D eigenvalue weighted by molar-refractivity contribution is 5.97. The lowest BCUT2D eigenvalue weighted by atomic mass is 10.1. The molecule has 0 radical (unpaired) electrons. The van der Waals surface area contributed by atoms with Crippen LogP contribution in [-0.4, -0.2) is 44.4 Å². The van der Waals surface area contributed by atoms with Crippen molar-refractivity contribution in [1.82, 2.24) is 19.4 Å². The average molecular weight is 357 g/mol. The topological polar surface area (TPSA) is 77.0 Å². The number of nitrogen functional groups attached to an aromatic ring is 1. The Labute approximate surface area is 148 Å². The number of fused-ring (bicyclic) bond motifs is 1. The number of carbonyl (C=O) groups is 1. The number of piperidine rings is 1. The number of hydrogen-bond acceptors (Lipinski definition) is 4. The molecule has 4 rings (SSSR count). The van der Waals surface area contributed by atoms with Crippen molar-refractivity contribution in [2.45, 2.75) is 18.8 Å². The first kappa shape index (κ1) is 16.4. The molecule has 3 aromatic rings. The molecule has 2 N–H and O–H groups in total. The van der Waals surface area contributed by atoms with Crippen LogP contribution in [0.4, 0.5) is 14.5 Å². The number of halogens is 2. The highest BCUT2D eigenvalue weighted by atomic mass is 19.3. The molecule has 0 atom stereocenters. The minimum Gasteiger partial charge on any atom is -0.397 e. The largest absolute Gasteiger partial charge is 0.397 e. The van der Waals surface area contributed by atoms with E-state index in [2.05, 4.69) is 9.97 Å². The van der Waals surface area contributed by atoms with Gasteiger partial charge in [-0.1, -0.05) is 0 Å². The van der Waals surface area contributed by atoms with E-state index in [1.165, 1.54) is 11.1 Å². The van der Waals surface area contributed by atoms with Crippen molar-refractivity contribution < 1.29 is 13.6 Å². The molecule has 0 unspecified atom stereocenters. The van der Waals surface area contributed by atoms with Gasteiger partial charge in [0.05, 0.1) is 23.1 Å². The van der Waals surface area contributed by atoms with Gasteiger partial charge in [-0.3, -0.25) is 14.3 Å². The monoisotopic (exact) mass is 357 g/mol. The fraction of sp³-hybridized carbons (Fsp3) is 0.278. The normalized spacial score (nSPS) is 16.8. The van der Waals surface area contributed by atoms with Crippen LogP contribution in [0.3, 0.4) is 0 Å². The molecule has 3 aromatic heterocycles. The second-order valence-corrected chi connectivity index (χ2v) is 6.45. The second-order valence-electron chi connectivity index (χ2n) is 6.45. The van der Waals surface area contributed by atoms with Crippen LogP contribution in [0, 0.1) is 0 Å². The number of anilines is 1. The summed E-state index contributed by atoms with van der Waals surface area (Å²) in [7, 11) is 0. The lowest BCUT2D eigenvalue weighted by Gasteiger charge is -2.31.